The van der Waals surface area contributed by atoms with Gasteiger partial charge in [-0.25, -0.2) is 4.98 Å². The number of benzene rings is 4. The molecule has 0 spiro atoms. The molecule has 0 saturated heterocycles. The molecule has 0 radical (unpaired) electrons. The van der Waals surface area contributed by atoms with Crippen LogP contribution in [0.4, 0.5) is 5.69 Å². The van der Waals surface area contributed by atoms with Crippen molar-refractivity contribution in [2.24, 2.45) is 0 Å². The zero-order valence-electron chi connectivity index (χ0n) is 20.6. The molecule has 1 heterocycles. The summed E-state index contributed by atoms with van der Waals surface area (Å²) in [6.45, 7) is 0.776. The van der Waals surface area contributed by atoms with E-state index in [1.807, 2.05) is 60.7 Å². The minimum absolute atomic E-state index is 0.0644. The second kappa shape index (κ2) is 11.0. The maximum Gasteiger partial charge on any atom is 0.255 e. The van der Waals surface area contributed by atoms with Crippen LogP contribution in [-0.2, 0) is 12.8 Å². The van der Waals surface area contributed by atoms with E-state index in [4.69, 9.17) is 10.2 Å². The monoisotopic (exact) mass is 506 g/mol. The molecule has 8 heteroatoms. The number of aromatic nitrogens is 1. The molecule has 0 atom stereocenters. The number of nitrogens with zero attached hydrogens (tertiary/aromatic N) is 1. The summed E-state index contributed by atoms with van der Waals surface area (Å²) in [6, 6.07) is 25.7. The highest BCUT2D eigenvalue weighted by molar-refractivity contribution is 6.07. The van der Waals surface area contributed by atoms with Gasteiger partial charge in [0.1, 0.15) is 11.2 Å². The zero-order valence-corrected chi connectivity index (χ0v) is 20.6. The van der Waals surface area contributed by atoms with Gasteiger partial charge in [-0.1, -0.05) is 66.7 Å². The Morgan fingerprint density at radius 2 is 1.39 bits per heavy atom. The molecule has 3 aromatic rings. The molecule has 2 aliphatic rings. The molecule has 0 bridgehead atoms. The summed E-state index contributed by atoms with van der Waals surface area (Å²) in [6.07, 6.45) is 1.28. The van der Waals surface area contributed by atoms with Crippen molar-refractivity contribution in [1.82, 2.24) is 15.6 Å². The molecule has 190 valence electrons. The molecule has 0 aromatic heterocycles. The highest BCUT2D eigenvalue weighted by Gasteiger charge is 2.25. The third kappa shape index (κ3) is 5.24. The van der Waals surface area contributed by atoms with Crippen LogP contribution in [0.5, 0.6) is 0 Å². The molecule has 2 amide bonds. The average Bonchev–Trinajstić information content (AvgIpc) is 2.93. The number of carbonyl (C=O) groups is 2. The van der Waals surface area contributed by atoms with E-state index in [0.29, 0.717) is 37.1 Å². The number of nitrogens with two attached hydrogens (primary N) is 1. The van der Waals surface area contributed by atoms with Crippen LogP contribution in [0.1, 0.15) is 31.8 Å². The molecule has 0 unspecified atom stereocenters. The molecule has 5 rings (SSSR count). The van der Waals surface area contributed by atoms with Crippen LogP contribution >= 0.6 is 0 Å². The van der Waals surface area contributed by atoms with Crippen molar-refractivity contribution in [3.8, 4) is 11.5 Å². The molecule has 3 aromatic carbocycles. The summed E-state index contributed by atoms with van der Waals surface area (Å²) in [5.74, 6) is -0.740. The Morgan fingerprint density at radius 3 is 2.03 bits per heavy atom. The number of hydrogen-bond acceptors (Lipinski definition) is 6. The van der Waals surface area contributed by atoms with Crippen molar-refractivity contribution in [3.05, 3.63) is 117 Å². The van der Waals surface area contributed by atoms with Gasteiger partial charge in [0.05, 0.1) is 16.8 Å². The van der Waals surface area contributed by atoms with Crippen LogP contribution in [0.3, 0.4) is 0 Å². The first kappa shape index (κ1) is 24.7. The predicted molar refractivity (Wildman–Crippen MR) is 146 cm³/mol. The van der Waals surface area contributed by atoms with E-state index in [9.17, 15) is 14.4 Å². The molecule has 0 saturated carbocycles. The minimum atomic E-state index is -0.537. The highest BCUT2D eigenvalue weighted by atomic mass is 16.3. The van der Waals surface area contributed by atoms with Gasteiger partial charge in [0.15, 0.2) is 11.3 Å². The van der Waals surface area contributed by atoms with Gasteiger partial charge >= 0.3 is 0 Å². The van der Waals surface area contributed by atoms with Crippen LogP contribution in [0.2, 0.25) is 0 Å². The lowest BCUT2D eigenvalue weighted by Crippen LogP contribution is -2.29. The van der Waals surface area contributed by atoms with E-state index in [1.54, 1.807) is 18.2 Å². The summed E-state index contributed by atoms with van der Waals surface area (Å²) < 4.78 is 5.93. The number of rotatable bonds is 8. The van der Waals surface area contributed by atoms with Crippen LogP contribution < -0.4 is 21.8 Å². The van der Waals surface area contributed by atoms with E-state index >= 15 is 0 Å². The first-order valence-electron chi connectivity index (χ1n) is 12.3. The smallest absolute Gasteiger partial charge is 0.255 e. The Balaban J connectivity index is 1.44. The van der Waals surface area contributed by atoms with Crippen LogP contribution in [0, 0.1) is 0 Å². The Morgan fingerprint density at radius 1 is 0.789 bits per heavy atom. The van der Waals surface area contributed by atoms with Gasteiger partial charge in [0.2, 0.25) is 5.43 Å². The zero-order chi connectivity index (χ0) is 26.5. The van der Waals surface area contributed by atoms with Crippen LogP contribution in [-0.4, -0.2) is 29.9 Å². The number of nitrogen functional groups attached to an aromatic ring is 1. The Labute approximate surface area is 218 Å². The highest BCUT2D eigenvalue weighted by Crippen LogP contribution is 2.30. The summed E-state index contributed by atoms with van der Waals surface area (Å²) in [7, 11) is 0. The summed E-state index contributed by atoms with van der Waals surface area (Å²) >= 11 is 0. The van der Waals surface area contributed by atoms with Gasteiger partial charge in [-0.05, 0) is 36.1 Å². The molecule has 1 aliphatic carbocycles. The second-order valence-electron chi connectivity index (χ2n) is 8.86. The van der Waals surface area contributed by atoms with Crippen molar-refractivity contribution in [2.45, 2.75) is 12.8 Å². The normalized spacial score (nSPS) is 10.9. The van der Waals surface area contributed by atoms with Crippen molar-refractivity contribution in [3.63, 3.8) is 0 Å². The van der Waals surface area contributed by atoms with Crippen molar-refractivity contribution in [2.75, 3.05) is 18.8 Å². The van der Waals surface area contributed by atoms with Gasteiger partial charge in [-0.3, -0.25) is 14.4 Å². The summed E-state index contributed by atoms with van der Waals surface area (Å²) in [5.41, 5.74) is 8.41. The van der Waals surface area contributed by atoms with Gasteiger partial charge in [-0.15, -0.1) is 0 Å². The fourth-order valence-electron chi connectivity index (χ4n) is 4.30. The molecular weight excluding hydrogens is 480 g/mol. The maximum absolute atomic E-state index is 13.2. The van der Waals surface area contributed by atoms with E-state index in [2.05, 4.69) is 15.6 Å². The van der Waals surface area contributed by atoms with Gasteiger partial charge in [0.25, 0.3) is 11.8 Å². The van der Waals surface area contributed by atoms with E-state index < -0.39 is 11.3 Å². The van der Waals surface area contributed by atoms with E-state index in [1.165, 1.54) is 6.07 Å². The van der Waals surface area contributed by atoms with E-state index in [0.717, 1.165) is 11.1 Å². The predicted octanol–water partition coefficient (Wildman–Crippen LogP) is 3.82. The first-order chi connectivity index (χ1) is 18.5. The van der Waals surface area contributed by atoms with Crippen LogP contribution in [0.25, 0.3) is 22.6 Å². The standard InChI is InChI=1S/C30H26N4O4/c31-26-22(35)18-24-28(25(26)30(37)33-17-15-20-10-5-2-6-11-20)34-27-21(12-7-13-23(27)38-24)29(36)32-16-14-19-8-3-1-4-9-19/h1-13,18H,14-17,31H2,(H,32,36)(H,33,37). The molecular formula is C30H26N4O4. The Kier molecular flexibility index (Phi) is 7.13. The third-order valence-electron chi connectivity index (χ3n) is 6.27. The third-order valence-corrected chi connectivity index (χ3v) is 6.27. The second-order valence-corrected chi connectivity index (χ2v) is 8.86. The first-order valence-corrected chi connectivity index (χ1v) is 12.3. The van der Waals surface area contributed by atoms with Crippen LogP contribution in [0.15, 0.2) is 94.1 Å². The fraction of sp³-hybridized carbons (Fsp3) is 0.133. The summed E-state index contributed by atoms with van der Waals surface area (Å²) in [4.78, 5) is 43.4. The van der Waals surface area contributed by atoms with E-state index in [-0.39, 0.29) is 34.1 Å². The van der Waals surface area contributed by atoms with Gasteiger partial charge in [-0.2, -0.15) is 0 Å². The number of anilines is 1. The average molecular weight is 507 g/mol. The van der Waals surface area contributed by atoms with Gasteiger partial charge in [0, 0.05) is 19.2 Å². The lowest BCUT2D eigenvalue weighted by molar-refractivity contribution is 0.0947. The SMILES string of the molecule is Nc1c(C(=O)NCCc2ccccc2)c2nc3c(C(=O)NCCc4ccccc4)cccc3oc-2cc1=O. The number of fused-ring (bicyclic) bond motifs is 2. The molecule has 38 heavy (non-hydrogen) atoms. The molecule has 0 fully saturated rings. The number of amides is 2. The topological polar surface area (TPSA) is 127 Å². The Hall–Kier alpha value is -4.98. The molecule has 1 aliphatic heterocycles. The largest absolute Gasteiger partial charge is 0.453 e. The van der Waals surface area contributed by atoms with Crippen molar-refractivity contribution in [1.29, 1.82) is 0 Å². The fourth-order valence-corrected chi connectivity index (χ4v) is 4.30. The molecule has 8 nitrogen and oxygen atoms in total. The minimum Gasteiger partial charge on any atom is -0.453 e. The summed E-state index contributed by atoms with van der Waals surface area (Å²) in [5, 5.41) is 5.73. The number of nitrogens with one attached hydrogen (secondary N) is 2. The number of carbonyl (C=O) groups excluding carboxylic acids is 2. The maximum atomic E-state index is 13.2. The van der Waals surface area contributed by atoms with Crippen molar-refractivity contribution < 1.29 is 14.0 Å². The van der Waals surface area contributed by atoms with Gasteiger partial charge < -0.3 is 20.8 Å². The number of para-hydroxylation sites is 1. The lowest BCUT2D eigenvalue weighted by atomic mass is 10.0. The Bertz CT molecular complexity index is 1630. The quantitative estimate of drug-likeness (QED) is 0.217. The molecule has 4 N–H and O–H groups in total. The van der Waals surface area contributed by atoms with Crippen molar-refractivity contribution >= 4 is 28.6 Å². The number of hydrogen-bond donors (Lipinski definition) is 3. The lowest BCUT2D eigenvalue weighted by Gasteiger charge is -2.15.